The van der Waals surface area contributed by atoms with Crippen LogP contribution in [0.5, 0.6) is 5.75 Å². The van der Waals surface area contributed by atoms with Crippen molar-refractivity contribution < 1.29 is 23.8 Å². The molecule has 1 N–H and O–H groups in total. The van der Waals surface area contributed by atoms with E-state index in [1.807, 2.05) is 6.07 Å². The molecule has 4 rings (SSSR count). The number of carbonyl (C=O) groups excluding carboxylic acids is 2. The van der Waals surface area contributed by atoms with Crippen LogP contribution < -0.4 is 4.74 Å². The number of aliphatic hydroxyl groups excluding tert-OH is 1. The lowest BCUT2D eigenvalue weighted by atomic mass is 9.95. The minimum absolute atomic E-state index is 0.00861. The minimum Gasteiger partial charge on any atom is -0.507 e. The second-order valence-corrected chi connectivity index (χ2v) is 7.04. The van der Waals surface area contributed by atoms with E-state index in [4.69, 9.17) is 4.74 Å². The number of halogens is 1. The van der Waals surface area contributed by atoms with Gasteiger partial charge in [0.25, 0.3) is 11.7 Å². The third-order valence-electron chi connectivity index (χ3n) is 5.18. The summed E-state index contributed by atoms with van der Waals surface area (Å²) in [6.45, 7) is 0.153. The number of pyridine rings is 1. The van der Waals surface area contributed by atoms with Crippen LogP contribution in [-0.4, -0.2) is 33.8 Å². The van der Waals surface area contributed by atoms with Crippen LogP contribution in [0.1, 0.15) is 22.7 Å². The van der Waals surface area contributed by atoms with Crippen molar-refractivity contribution in [2.75, 3.05) is 7.11 Å². The fourth-order valence-electron chi connectivity index (χ4n) is 3.68. The maximum absolute atomic E-state index is 14.2. The number of hydrogen-bond acceptors (Lipinski definition) is 5. The molecule has 7 heteroatoms. The summed E-state index contributed by atoms with van der Waals surface area (Å²) in [5, 5.41) is 11.0. The molecule has 1 amide bonds. The fraction of sp³-hybridized carbons (Fsp3) is 0.125. The Kier molecular flexibility index (Phi) is 5.49. The Bertz CT molecular complexity index is 1160. The number of Topliss-reactive ketones (excluding diaryl/α,β-unsaturated/α-hetero) is 1. The molecule has 1 aliphatic rings. The number of aromatic nitrogens is 1. The van der Waals surface area contributed by atoms with Crippen LogP contribution >= 0.6 is 0 Å². The summed E-state index contributed by atoms with van der Waals surface area (Å²) in [6.07, 6.45) is 3.20. The molecule has 0 saturated carbocycles. The zero-order chi connectivity index (χ0) is 22.0. The van der Waals surface area contributed by atoms with Crippen LogP contribution in [0.15, 0.2) is 78.6 Å². The Labute approximate surface area is 178 Å². The van der Waals surface area contributed by atoms with Crippen LogP contribution in [0.2, 0.25) is 0 Å². The quantitative estimate of drug-likeness (QED) is 0.387. The van der Waals surface area contributed by atoms with Crippen molar-refractivity contribution in [3.8, 4) is 5.75 Å². The zero-order valence-corrected chi connectivity index (χ0v) is 16.7. The maximum Gasteiger partial charge on any atom is 0.295 e. The van der Waals surface area contributed by atoms with Crippen molar-refractivity contribution in [3.63, 3.8) is 0 Å². The van der Waals surface area contributed by atoms with Gasteiger partial charge >= 0.3 is 0 Å². The number of amides is 1. The highest BCUT2D eigenvalue weighted by Gasteiger charge is 2.46. The second kappa shape index (κ2) is 8.39. The highest BCUT2D eigenvalue weighted by Crippen LogP contribution is 2.40. The molecule has 1 atom stereocenters. The molecule has 2 aromatic carbocycles. The molecule has 31 heavy (non-hydrogen) atoms. The average Bonchev–Trinajstić information content (AvgIpc) is 3.04. The Morgan fingerprint density at radius 2 is 1.81 bits per heavy atom. The van der Waals surface area contributed by atoms with Crippen molar-refractivity contribution >= 4 is 17.4 Å². The molecule has 3 aromatic rings. The van der Waals surface area contributed by atoms with Gasteiger partial charge in [0.1, 0.15) is 5.76 Å². The average molecular weight is 418 g/mol. The van der Waals surface area contributed by atoms with Gasteiger partial charge in [0.15, 0.2) is 11.6 Å². The van der Waals surface area contributed by atoms with Gasteiger partial charge in [-0.25, -0.2) is 4.39 Å². The number of hydrogen-bond donors (Lipinski definition) is 1. The number of ether oxygens (including phenoxy) is 1. The molecule has 1 unspecified atom stereocenters. The van der Waals surface area contributed by atoms with Gasteiger partial charge in [-0.05, 0) is 41.5 Å². The lowest BCUT2D eigenvalue weighted by molar-refractivity contribution is -0.140. The van der Waals surface area contributed by atoms with Crippen molar-refractivity contribution in [3.05, 3.63) is 101 Å². The van der Waals surface area contributed by atoms with Gasteiger partial charge in [0, 0.05) is 24.5 Å². The molecule has 0 aliphatic carbocycles. The molecule has 1 fully saturated rings. The predicted molar refractivity (Wildman–Crippen MR) is 111 cm³/mol. The number of benzene rings is 2. The minimum atomic E-state index is -0.823. The zero-order valence-electron chi connectivity index (χ0n) is 16.7. The molecule has 156 valence electrons. The fourth-order valence-corrected chi connectivity index (χ4v) is 3.68. The number of rotatable bonds is 5. The van der Waals surface area contributed by atoms with Crippen LogP contribution in [0.4, 0.5) is 4.39 Å². The SMILES string of the molecule is COc1ccc(/C(O)=C2/C(=O)C(=O)N(Cc3ccncc3)C2c2ccccc2)cc1F. The van der Waals surface area contributed by atoms with Crippen molar-refractivity contribution in [2.45, 2.75) is 12.6 Å². The Hall–Kier alpha value is -4.00. The summed E-state index contributed by atoms with van der Waals surface area (Å²) < 4.78 is 19.1. The van der Waals surface area contributed by atoms with Crippen LogP contribution in [0.25, 0.3) is 5.76 Å². The van der Waals surface area contributed by atoms with Crippen molar-refractivity contribution in [1.82, 2.24) is 9.88 Å². The highest BCUT2D eigenvalue weighted by atomic mass is 19.1. The van der Waals surface area contributed by atoms with E-state index >= 15 is 0 Å². The number of likely N-dealkylation sites (tertiary alicyclic amines) is 1. The first kappa shape index (κ1) is 20.3. The van der Waals surface area contributed by atoms with Crippen molar-refractivity contribution in [1.29, 1.82) is 0 Å². The molecule has 1 saturated heterocycles. The Balaban J connectivity index is 1.85. The molecule has 2 heterocycles. The second-order valence-electron chi connectivity index (χ2n) is 7.04. The molecule has 1 aliphatic heterocycles. The van der Waals surface area contributed by atoms with Crippen LogP contribution in [0.3, 0.4) is 0 Å². The molecule has 0 radical (unpaired) electrons. The van der Waals surface area contributed by atoms with E-state index in [-0.39, 0.29) is 23.4 Å². The number of ketones is 1. The standard InChI is InChI=1S/C24H19FN2O4/c1-31-19-8-7-17(13-18(19)25)22(28)20-21(16-5-3-2-4-6-16)27(24(30)23(20)29)14-15-9-11-26-12-10-15/h2-13,21,28H,14H2,1H3/b22-20-. The molecule has 0 spiro atoms. The Morgan fingerprint density at radius 1 is 1.10 bits per heavy atom. The number of carbonyl (C=O) groups is 2. The molecule has 6 nitrogen and oxygen atoms in total. The number of nitrogens with zero attached hydrogens (tertiary/aromatic N) is 2. The first-order valence-corrected chi connectivity index (χ1v) is 9.57. The van der Waals surface area contributed by atoms with Crippen LogP contribution in [-0.2, 0) is 16.1 Å². The normalized spacial score (nSPS) is 17.7. The van der Waals surface area contributed by atoms with Crippen molar-refractivity contribution in [2.24, 2.45) is 0 Å². The summed E-state index contributed by atoms with van der Waals surface area (Å²) in [4.78, 5) is 31.3. The van der Waals surface area contributed by atoms with Gasteiger partial charge in [-0.1, -0.05) is 30.3 Å². The third-order valence-corrected chi connectivity index (χ3v) is 5.18. The number of methoxy groups -OCH3 is 1. The first-order chi connectivity index (χ1) is 15.0. The maximum atomic E-state index is 14.2. The van der Waals surface area contributed by atoms with Gasteiger partial charge in [-0.2, -0.15) is 0 Å². The monoisotopic (exact) mass is 418 g/mol. The smallest absolute Gasteiger partial charge is 0.295 e. The van der Waals surface area contributed by atoms with E-state index < -0.39 is 29.3 Å². The molecule has 1 aromatic heterocycles. The van der Waals surface area contributed by atoms with Gasteiger partial charge in [-0.15, -0.1) is 0 Å². The summed E-state index contributed by atoms with van der Waals surface area (Å²) in [5.74, 6) is -2.67. The summed E-state index contributed by atoms with van der Waals surface area (Å²) in [5.41, 5.74) is 1.44. The predicted octanol–water partition coefficient (Wildman–Crippen LogP) is 3.85. The van der Waals surface area contributed by atoms with Gasteiger partial charge < -0.3 is 14.7 Å². The largest absolute Gasteiger partial charge is 0.507 e. The Morgan fingerprint density at radius 3 is 2.45 bits per heavy atom. The summed E-state index contributed by atoms with van der Waals surface area (Å²) in [6, 6.07) is 15.5. The van der Waals surface area contributed by atoms with E-state index in [1.165, 1.54) is 24.1 Å². The third kappa shape index (κ3) is 3.77. The van der Waals surface area contributed by atoms with Gasteiger partial charge in [0.2, 0.25) is 0 Å². The summed E-state index contributed by atoms with van der Waals surface area (Å²) in [7, 11) is 1.33. The summed E-state index contributed by atoms with van der Waals surface area (Å²) >= 11 is 0. The van der Waals surface area contributed by atoms with E-state index in [0.29, 0.717) is 5.56 Å². The van der Waals surface area contributed by atoms with Gasteiger partial charge in [-0.3, -0.25) is 14.6 Å². The lowest BCUT2D eigenvalue weighted by Crippen LogP contribution is -2.29. The van der Waals surface area contributed by atoms with E-state index in [1.54, 1.807) is 48.8 Å². The van der Waals surface area contributed by atoms with E-state index in [9.17, 15) is 19.1 Å². The molecule has 0 bridgehead atoms. The molecular formula is C24H19FN2O4. The van der Waals surface area contributed by atoms with Gasteiger partial charge in [0.05, 0.1) is 18.7 Å². The first-order valence-electron chi connectivity index (χ1n) is 9.57. The molecular weight excluding hydrogens is 399 g/mol. The highest BCUT2D eigenvalue weighted by molar-refractivity contribution is 6.46. The van der Waals surface area contributed by atoms with Crippen LogP contribution in [0, 0.1) is 5.82 Å². The van der Waals surface area contributed by atoms with E-state index in [0.717, 1.165) is 11.6 Å². The van der Waals surface area contributed by atoms with E-state index in [2.05, 4.69) is 4.98 Å². The topological polar surface area (TPSA) is 79.7 Å². The number of aliphatic hydroxyl groups is 1. The lowest BCUT2D eigenvalue weighted by Gasteiger charge is -2.25.